The summed E-state index contributed by atoms with van der Waals surface area (Å²) in [4.78, 5) is 13.3. The Bertz CT molecular complexity index is 375. The molecule has 1 N–H and O–H groups in total. The summed E-state index contributed by atoms with van der Waals surface area (Å²) in [6.45, 7) is 5.15. The van der Waals surface area contributed by atoms with E-state index in [1.54, 1.807) is 16.9 Å². The number of carbonyl (C=O) groups is 1. The van der Waals surface area contributed by atoms with Gasteiger partial charge >= 0.3 is 5.97 Å². The number of aromatic carboxylic acids is 1. The van der Waals surface area contributed by atoms with Gasteiger partial charge < -0.3 is 10.0 Å². The van der Waals surface area contributed by atoms with Crippen LogP contribution in [0, 0.1) is 0 Å². The van der Waals surface area contributed by atoms with E-state index in [1.807, 2.05) is 0 Å². The summed E-state index contributed by atoms with van der Waals surface area (Å²) in [6.07, 6.45) is 3.68. The summed E-state index contributed by atoms with van der Waals surface area (Å²) in [5.74, 6) is -0.897. The van der Waals surface area contributed by atoms with E-state index in [0.29, 0.717) is 5.69 Å². The fourth-order valence-electron chi connectivity index (χ4n) is 2.29. The molecule has 1 aromatic rings. The van der Waals surface area contributed by atoms with Crippen molar-refractivity contribution in [2.75, 3.05) is 19.6 Å². The molecule has 2 rings (SSSR count). The van der Waals surface area contributed by atoms with Gasteiger partial charge in [-0.15, -0.1) is 0 Å². The van der Waals surface area contributed by atoms with Gasteiger partial charge in [0.2, 0.25) is 0 Å². The van der Waals surface area contributed by atoms with Gasteiger partial charge in [-0.05, 0) is 32.0 Å². The lowest BCUT2D eigenvalue weighted by Crippen LogP contribution is -2.37. The van der Waals surface area contributed by atoms with Crippen molar-refractivity contribution >= 4 is 5.97 Å². The van der Waals surface area contributed by atoms with Crippen LogP contribution in [0.2, 0.25) is 0 Å². The number of likely N-dealkylation sites (N-methyl/N-ethyl adjacent to an activating group) is 1. The highest BCUT2D eigenvalue weighted by Crippen LogP contribution is 2.22. The molecule has 0 radical (unpaired) electrons. The Hall–Kier alpha value is -1.36. The van der Waals surface area contributed by atoms with Gasteiger partial charge in [0.15, 0.2) is 0 Å². The molecule has 0 aromatic carbocycles. The van der Waals surface area contributed by atoms with Crippen LogP contribution < -0.4 is 0 Å². The Labute approximate surface area is 94.7 Å². The van der Waals surface area contributed by atoms with Gasteiger partial charge in [0, 0.05) is 12.7 Å². The number of hydrogen-bond acceptors (Lipinski definition) is 3. The predicted molar refractivity (Wildman–Crippen MR) is 59.6 cm³/mol. The van der Waals surface area contributed by atoms with Gasteiger partial charge in [0.25, 0.3) is 0 Å². The van der Waals surface area contributed by atoms with Crippen molar-refractivity contribution in [2.45, 2.75) is 25.8 Å². The molecule has 0 saturated carbocycles. The second kappa shape index (κ2) is 4.65. The zero-order valence-corrected chi connectivity index (χ0v) is 9.46. The largest absolute Gasteiger partial charge is 0.477 e. The van der Waals surface area contributed by atoms with E-state index in [1.165, 1.54) is 0 Å². The monoisotopic (exact) mass is 223 g/mol. The van der Waals surface area contributed by atoms with E-state index < -0.39 is 5.97 Å². The average molecular weight is 223 g/mol. The summed E-state index contributed by atoms with van der Waals surface area (Å²) >= 11 is 0. The quantitative estimate of drug-likeness (QED) is 0.837. The van der Waals surface area contributed by atoms with Crippen molar-refractivity contribution in [3.8, 4) is 0 Å². The molecule has 16 heavy (non-hydrogen) atoms. The SMILES string of the molecule is CCN1CCCC(n2nccc2C(=O)O)C1. The third kappa shape index (κ3) is 2.09. The maximum atomic E-state index is 11.0. The van der Waals surface area contributed by atoms with E-state index in [0.717, 1.165) is 32.5 Å². The Morgan fingerprint density at radius 2 is 2.50 bits per heavy atom. The molecule has 0 aliphatic carbocycles. The molecular formula is C11H17N3O2. The normalized spacial score (nSPS) is 22.2. The molecular weight excluding hydrogens is 206 g/mol. The van der Waals surface area contributed by atoms with E-state index in [9.17, 15) is 4.79 Å². The second-order valence-electron chi connectivity index (χ2n) is 4.16. The summed E-state index contributed by atoms with van der Waals surface area (Å²) in [5.41, 5.74) is 0.294. The van der Waals surface area contributed by atoms with Crippen LogP contribution in [-0.2, 0) is 0 Å². The standard InChI is InChI=1S/C11H17N3O2/c1-2-13-7-3-4-9(8-13)14-10(11(15)16)5-6-12-14/h5-6,9H,2-4,7-8H2,1H3,(H,15,16). The first kappa shape index (κ1) is 11.1. The molecule has 1 unspecified atom stereocenters. The number of nitrogens with zero attached hydrogens (tertiary/aromatic N) is 3. The smallest absolute Gasteiger partial charge is 0.354 e. The zero-order chi connectivity index (χ0) is 11.5. The topological polar surface area (TPSA) is 58.4 Å². The van der Waals surface area contributed by atoms with Crippen LogP contribution in [0.1, 0.15) is 36.3 Å². The summed E-state index contributed by atoms with van der Waals surface area (Å²) in [7, 11) is 0. The lowest BCUT2D eigenvalue weighted by molar-refractivity contribution is 0.0673. The number of likely N-dealkylation sites (tertiary alicyclic amines) is 1. The second-order valence-corrected chi connectivity index (χ2v) is 4.16. The molecule has 1 fully saturated rings. The van der Waals surface area contributed by atoms with Crippen LogP contribution >= 0.6 is 0 Å². The third-order valence-electron chi connectivity index (χ3n) is 3.16. The minimum atomic E-state index is -0.897. The minimum absolute atomic E-state index is 0.204. The van der Waals surface area contributed by atoms with Gasteiger partial charge in [-0.1, -0.05) is 6.92 Å². The molecule has 1 saturated heterocycles. The molecule has 1 aliphatic heterocycles. The summed E-state index contributed by atoms with van der Waals surface area (Å²) in [5, 5.41) is 13.2. The maximum absolute atomic E-state index is 11.0. The number of carboxylic acid groups (broad SMARTS) is 1. The molecule has 2 heterocycles. The van der Waals surface area contributed by atoms with Crippen LogP contribution in [-0.4, -0.2) is 45.4 Å². The van der Waals surface area contributed by atoms with E-state index >= 15 is 0 Å². The highest BCUT2D eigenvalue weighted by atomic mass is 16.4. The van der Waals surface area contributed by atoms with Crippen molar-refractivity contribution in [3.05, 3.63) is 18.0 Å². The maximum Gasteiger partial charge on any atom is 0.354 e. The van der Waals surface area contributed by atoms with Crippen LogP contribution in [0.3, 0.4) is 0 Å². The summed E-state index contributed by atoms with van der Waals surface area (Å²) in [6, 6.07) is 1.77. The van der Waals surface area contributed by atoms with Crippen molar-refractivity contribution in [2.24, 2.45) is 0 Å². The molecule has 88 valence electrons. The Morgan fingerprint density at radius 1 is 1.69 bits per heavy atom. The molecule has 0 bridgehead atoms. The predicted octanol–water partition coefficient (Wildman–Crippen LogP) is 1.24. The highest BCUT2D eigenvalue weighted by molar-refractivity contribution is 5.85. The highest BCUT2D eigenvalue weighted by Gasteiger charge is 2.24. The Balaban J connectivity index is 2.16. The molecule has 0 amide bonds. The fourth-order valence-corrected chi connectivity index (χ4v) is 2.29. The molecule has 1 aromatic heterocycles. The Morgan fingerprint density at radius 3 is 3.19 bits per heavy atom. The zero-order valence-electron chi connectivity index (χ0n) is 9.46. The first-order chi connectivity index (χ1) is 7.72. The van der Waals surface area contributed by atoms with Crippen LogP contribution in [0.4, 0.5) is 0 Å². The fraction of sp³-hybridized carbons (Fsp3) is 0.636. The summed E-state index contributed by atoms with van der Waals surface area (Å²) < 4.78 is 1.66. The number of aromatic nitrogens is 2. The number of carboxylic acids is 1. The van der Waals surface area contributed by atoms with Crippen LogP contribution in [0.25, 0.3) is 0 Å². The first-order valence-corrected chi connectivity index (χ1v) is 5.71. The van der Waals surface area contributed by atoms with Crippen molar-refractivity contribution < 1.29 is 9.90 Å². The average Bonchev–Trinajstić information content (AvgIpc) is 2.78. The molecule has 1 atom stereocenters. The molecule has 0 spiro atoms. The molecule has 5 nitrogen and oxygen atoms in total. The van der Waals surface area contributed by atoms with Crippen LogP contribution in [0.5, 0.6) is 0 Å². The van der Waals surface area contributed by atoms with E-state index in [4.69, 9.17) is 5.11 Å². The van der Waals surface area contributed by atoms with Gasteiger partial charge in [-0.25, -0.2) is 4.79 Å². The van der Waals surface area contributed by atoms with E-state index in [2.05, 4.69) is 16.9 Å². The minimum Gasteiger partial charge on any atom is -0.477 e. The third-order valence-corrected chi connectivity index (χ3v) is 3.16. The van der Waals surface area contributed by atoms with Crippen molar-refractivity contribution in [3.63, 3.8) is 0 Å². The van der Waals surface area contributed by atoms with Crippen molar-refractivity contribution in [1.29, 1.82) is 0 Å². The van der Waals surface area contributed by atoms with Gasteiger partial charge in [-0.2, -0.15) is 5.10 Å². The van der Waals surface area contributed by atoms with Crippen molar-refractivity contribution in [1.82, 2.24) is 14.7 Å². The van der Waals surface area contributed by atoms with Gasteiger partial charge in [-0.3, -0.25) is 4.68 Å². The van der Waals surface area contributed by atoms with Gasteiger partial charge in [0.05, 0.1) is 6.04 Å². The Kier molecular flexibility index (Phi) is 3.24. The first-order valence-electron chi connectivity index (χ1n) is 5.71. The lowest BCUT2D eigenvalue weighted by Gasteiger charge is -2.32. The number of piperidine rings is 1. The molecule has 5 heteroatoms. The number of rotatable bonds is 3. The van der Waals surface area contributed by atoms with Gasteiger partial charge in [0.1, 0.15) is 5.69 Å². The van der Waals surface area contributed by atoms with E-state index in [-0.39, 0.29) is 6.04 Å². The van der Waals surface area contributed by atoms with Crippen LogP contribution in [0.15, 0.2) is 12.3 Å². The molecule has 1 aliphatic rings. The number of hydrogen-bond donors (Lipinski definition) is 1. The lowest BCUT2D eigenvalue weighted by atomic mass is 10.1.